The van der Waals surface area contributed by atoms with Gasteiger partial charge in [-0.25, -0.2) is 4.39 Å². The summed E-state index contributed by atoms with van der Waals surface area (Å²) in [5.41, 5.74) is 0.105. The molecule has 3 nitrogen and oxygen atoms in total. The molecule has 0 aliphatic heterocycles. The number of aliphatic hydroxyl groups is 1. The lowest BCUT2D eigenvalue weighted by Crippen LogP contribution is -2.44. The van der Waals surface area contributed by atoms with Crippen LogP contribution in [0.5, 0.6) is 0 Å². The van der Waals surface area contributed by atoms with E-state index in [1.807, 2.05) is 6.92 Å². The number of rotatable bonds is 5. The molecule has 16 heavy (non-hydrogen) atoms. The summed E-state index contributed by atoms with van der Waals surface area (Å²) in [4.78, 5) is 4.02. The van der Waals surface area contributed by atoms with Gasteiger partial charge in [0.25, 0.3) is 0 Å². The maximum absolute atomic E-state index is 12.8. The van der Waals surface area contributed by atoms with Crippen molar-refractivity contribution in [1.29, 1.82) is 0 Å². The number of pyridine rings is 1. The molecule has 0 aromatic carbocycles. The van der Waals surface area contributed by atoms with Crippen molar-refractivity contribution in [3.05, 3.63) is 29.8 Å². The van der Waals surface area contributed by atoms with Gasteiger partial charge in [-0.3, -0.25) is 4.98 Å². The van der Waals surface area contributed by atoms with Crippen LogP contribution in [0.1, 0.15) is 25.5 Å². The van der Waals surface area contributed by atoms with Crippen molar-refractivity contribution in [3.63, 3.8) is 0 Å². The van der Waals surface area contributed by atoms with E-state index in [4.69, 9.17) is 0 Å². The average Bonchev–Trinajstić information content (AvgIpc) is 3.11. The number of nitrogens with one attached hydrogen (secondary N) is 1. The number of nitrogens with zero attached hydrogens (tertiary/aromatic N) is 1. The Morgan fingerprint density at radius 3 is 2.81 bits per heavy atom. The molecule has 1 aromatic rings. The fourth-order valence-electron chi connectivity index (χ4n) is 1.62. The first-order valence-corrected chi connectivity index (χ1v) is 5.62. The summed E-state index contributed by atoms with van der Waals surface area (Å²) >= 11 is 0. The van der Waals surface area contributed by atoms with Crippen LogP contribution in [0, 0.1) is 11.7 Å². The molecule has 0 saturated heterocycles. The fraction of sp³-hybridized carbons (Fsp3) is 0.583. The summed E-state index contributed by atoms with van der Waals surface area (Å²) in [6, 6.07) is 2.99. The summed E-state index contributed by atoms with van der Waals surface area (Å²) in [6.45, 7) is 2.73. The van der Waals surface area contributed by atoms with Crippen molar-refractivity contribution in [2.75, 3.05) is 13.2 Å². The molecule has 1 aromatic heterocycles. The van der Waals surface area contributed by atoms with Crippen LogP contribution in [0.15, 0.2) is 18.3 Å². The van der Waals surface area contributed by atoms with Crippen LogP contribution in [0.3, 0.4) is 0 Å². The van der Waals surface area contributed by atoms with E-state index in [9.17, 15) is 9.50 Å². The number of halogens is 1. The lowest BCUT2D eigenvalue weighted by molar-refractivity contribution is 0.170. The maximum atomic E-state index is 12.8. The van der Waals surface area contributed by atoms with Crippen molar-refractivity contribution >= 4 is 0 Å². The molecule has 1 heterocycles. The van der Waals surface area contributed by atoms with Gasteiger partial charge in [-0.1, -0.05) is 0 Å². The Morgan fingerprint density at radius 1 is 1.56 bits per heavy atom. The van der Waals surface area contributed by atoms with Gasteiger partial charge in [0, 0.05) is 0 Å². The highest BCUT2D eigenvalue weighted by Gasteiger charge is 2.30. The van der Waals surface area contributed by atoms with E-state index in [1.165, 1.54) is 25.1 Å². The van der Waals surface area contributed by atoms with Crippen LogP contribution in [0.25, 0.3) is 0 Å². The molecule has 1 fully saturated rings. The van der Waals surface area contributed by atoms with Crippen molar-refractivity contribution in [2.24, 2.45) is 5.92 Å². The number of hydrogen-bond acceptors (Lipinski definition) is 3. The molecule has 4 heteroatoms. The van der Waals surface area contributed by atoms with E-state index < -0.39 is 5.54 Å². The molecular formula is C12H17FN2O. The second-order valence-electron chi connectivity index (χ2n) is 4.68. The summed E-state index contributed by atoms with van der Waals surface area (Å²) in [7, 11) is 0. The van der Waals surface area contributed by atoms with Gasteiger partial charge in [0.05, 0.1) is 24.0 Å². The molecular weight excluding hydrogens is 207 g/mol. The summed E-state index contributed by atoms with van der Waals surface area (Å²) in [5.74, 6) is 0.373. The highest BCUT2D eigenvalue weighted by molar-refractivity contribution is 5.15. The molecule has 0 spiro atoms. The van der Waals surface area contributed by atoms with E-state index in [2.05, 4.69) is 10.3 Å². The smallest absolute Gasteiger partial charge is 0.141 e. The largest absolute Gasteiger partial charge is 0.394 e. The van der Waals surface area contributed by atoms with Gasteiger partial charge in [0.15, 0.2) is 0 Å². The Labute approximate surface area is 94.7 Å². The Balaban J connectivity index is 2.08. The molecule has 2 N–H and O–H groups in total. The zero-order chi connectivity index (χ0) is 11.6. The highest BCUT2D eigenvalue weighted by Crippen LogP contribution is 2.29. The molecule has 1 saturated carbocycles. The van der Waals surface area contributed by atoms with E-state index in [0.29, 0.717) is 5.69 Å². The topological polar surface area (TPSA) is 45.1 Å². The Hall–Kier alpha value is -1.00. The van der Waals surface area contributed by atoms with Gasteiger partial charge in [-0.15, -0.1) is 0 Å². The van der Waals surface area contributed by atoms with Gasteiger partial charge in [-0.2, -0.15) is 0 Å². The van der Waals surface area contributed by atoms with Gasteiger partial charge in [-0.05, 0) is 44.4 Å². The minimum atomic E-state index is -0.573. The van der Waals surface area contributed by atoms with E-state index >= 15 is 0 Å². The third kappa shape index (κ3) is 2.57. The second kappa shape index (κ2) is 4.47. The molecule has 88 valence electrons. The first-order chi connectivity index (χ1) is 7.64. The molecule has 0 radical (unpaired) electrons. The van der Waals surface area contributed by atoms with Crippen LogP contribution in [-0.4, -0.2) is 23.2 Å². The zero-order valence-corrected chi connectivity index (χ0v) is 9.41. The summed E-state index contributed by atoms with van der Waals surface area (Å²) < 4.78 is 12.8. The van der Waals surface area contributed by atoms with Crippen LogP contribution in [0.2, 0.25) is 0 Å². The second-order valence-corrected chi connectivity index (χ2v) is 4.68. The third-order valence-electron chi connectivity index (χ3n) is 3.09. The Morgan fingerprint density at radius 2 is 2.31 bits per heavy atom. The van der Waals surface area contributed by atoms with Gasteiger partial charge >= 0.3 is 0 Å². The first kappa shape index (κ1) is 11.5. The molecule has 0 bridgehead atoms. The van der Waals surface area contributed by atoms with Crippen LogP contribution in [-0.2, 0) is 5.54 Å². The SMILES string of the molecule is CC(CO)(NCC1CC1)c1ccc(F)cn1. The maximum Gasteiger partial charge on any atom is 0.141 e. The molecule has 2 rings (SSSR count). The molecule has 1 aliphatic rings. The normalized spacial score (nSPS) is 19.4. The Kier molecular flexibility index (Phi) is 3.21. The van der Waals surface area contributed by atoms with Crippen LogP contribution >= 0.6 is 0 Å². The van der Waals surface area contributed by atoms with Gasteiger partial charge < -0.3 is 10.4 Å². The predicted molar refractivity (Wildman–Crippen MR) is 59.4 cm³/mol. The van der Waals surface area contributed by atoms with E-state index in [1.54, 1.807) is 6.07 Å². The van der Waals surface area contributed by atoms with Crippen molar-refractivity contribution in [3.8, 4) is 0 Å². The number of aromatic nitrogens is 1. The lowest BCUT2D eigenvalue weighted by atomic mass is 9.98. The molecule has 1 aliphatic carbocycles. The predicted octanol–water partition coefficient (Wildman–Crippen LogP) is 1.43. The lowest BCUT2D eigenvalue weighted by Gasteiger charge is -2.28. The highest BCUT2D eigenvalue weighted by atomic mass is 19.1. The van der Waals surface area contributed by atoms with E-state index in [0.717, 1.165) is 12.5 Å². The van der Waals surface area contributed by atoms with Crippen LogP contribution < -0.4 is 5.32 Å². The average molecular weight is 224 g/mol. The monoisotopic (exact) mass is 224 g/mol. The minimum absolute atomic E-state index is 0.0433. The van der Waals surface area contributed by atoms with Crippen molar-refractivity contribution in [2.45, 2.75) is 25.3 Å². The first-order valence-electron chi connectivity index (χ1n) is 5.62. The molecule has 0 amide bonds. The molecule has 1 atom stereocenters. The number of aliphatic hydroxyl groups excluding tert-OH is 1. The quantitative estimate of drug-likeness (QED) is 0.795. The van der Waals surface area contributed by atoms with Crippen molar-refractivity contribution in [1.82, 2.24) is 10.3 Å². The van der Waals surface area contributed by atoms with E-state index in [-0.39, 0.29) is 12.4 Å². The van der Waals surface area contributed by atoms with Gasteiger partial charge in [0.2, 0.25) is 0 Å². The van der Waals surface area contributed by atoms with Crippen LogP contribution in [0.4, 0.5) is 4.39 Å². The molecule has 1 unspecified atom stereocenters. The zero-order valence-electron chi connectivity index (χ0n) is 9.41. The third-order valence-corrected chi connectivity index (χ3v) is 3.09. The summed E-state index contributed by atoms with van der Waals surface area (Å²) in [6.07, 6.45) is 3.69. The number of hydrogen-bond donors (Lipinski definition) is 2. The minimum Gasteiger partial charge on any atom is -0.394 e. The Bertz CT molecular complexity index is 351. The van der Waals surface area contributed by atoms with Crippen molar-refractivity contribution < 1.29 is 9.50 Å². The van der Waals surface area contributed by atoms with Gasteiger partial charge in [0.1, 0.15) is 5.82 Å². The summed E-state index contributed by atoms with van der Waals surface area (Å²) in [5, 5.41) is 12.8. The standard InChI is InChI=1S/C12H17FN2O/c1-12(8-16,15-6-9-2-3-9)11-5-4-10(13)7-14-11/h4-5,7,9,15-16H,2-3,6,8H2,1H3. The fourth-order valence-corrected chi connectivity index (χ4v) is 1.62.